The molecule has 0 aliphatic carbocycles. The van der Waals surface area contributed by atoms with Crippen molar-refractivity contribution in [2.24, 2.45) is 0 Å². The lowest BCUT2D eigenvalue weighted by molar-refractivity contribution is 0.0694. The maximum atomic E-state index is 16.6. The van der Waals surface area contributed by atoms with Gasteiger partial charge in [0.15, 0.2) is 17.3 Å². The van der Waals surface area contributed by atoms with Crippen LogP contribution in [0.15, 0.2) is 236 Å². The van der Waals surface area contributed by atoms with Crippen molar-refractivity contribution in [3.8, 4) is 89.8 Å². The van der Waals surface area contributed by atoms with Crippen molar-refractivity contribution in [1.29, 1.82) is 0 Å². The number of carbonyl (C=O) groups excluding carboxylic acids is 7. The van der Waals surface area contributed by atoms with Gasteiger partial charge in [0.05, 0.1) is 97.1 Å². The summed E-state index contributed by atoms with van der Waals surface area (Å²) in [6.07, 6.45) is 3.83. The first-order chi connectivity index (χ1) is 69.8. The lowest BCUT2D eigenvalue weighted by atomic mass is 9.96. The van der Waals surface area contributed by atoms with Crippen molar-refractivity contribution >= 4 is 165 Å². The number of Topliss-reactive ketones (excluding diaryl/α,β-unsaturated/α-hetero) is 3. The number of nitrogens with one attached hydrogen (secondary N) is 5. The first kappa shape index (κ1) is 110. The Bertz CT molecular complexity index is 8350. The predicted molar refractivity (Wildman–Crippen MR) is 545 cm³/mol. The van der Waals surface area contributed by atoms with Crippen molar-refractivity contribution in [3.63, 3.8) is 0 Å². The van der Waals surface area contributed by atoms with E-state index in [1.54, 1.807) is 56.3 Å². The zero-order chi connectivity index (χ0) is 109. The first-order valence-electron chi connectivity index (χ1n) is 43.8. The number of sulfonamides is 4. The number of furan rings is 4. The van der Waals surface area contributed by atoms with Crippen LogP contribution < -0.4 is 38.9 Å². The third-order valence-electron chi connectivity index (χ3n) is 23.0. The number of carboxylic acids is 1. The minimum atomic E-state index is -3.90. The Balaban J connectivity index is 0.000000174. The minimum Gasteiger partial charge on any atom is -0.478 e. The molecule has 0 atom stereocenters. The average Bonchev–Trinajstić information content (AvgIpc) is 1.58. The first-order valence-corrected chi connectivity index (χ1v) is 52.0. The summed E-state index contributed by atoms with van der Waals surface area (Å²) in [6.45, 7) is 7.15. The van der Waals surface area contributed by atoms with Crippen LogP contribution >= 0.6 is 0 Å². The Kier molecular flexibility index (Phi) is 33.5. The van der Waals surface area contributed by atoms with Gasteiger partial charge in [0, 0.05) is 134 Å². The Morgan fingerprint density at radius 2 is 0.568 bits per heavy atom. The van der Waals surface area contributed by atoms with Crippen LogP contribution in [0.25, 0.3) is 134 Å². The monoisotopic (exact) mass is 2130 g/mol. The van der Waals surface area contributed by atoms with Crippen LogP contribution in [0.4, 0.5) is 57.9 Å². The second-order valence-electron chi connectivity index (χ2n) is 32.8. The van der Waals surface area contributed by atoms with Gasteiger partial charge in [-0.05, 0) is 184 Å². The molecule has 148 heavy (non-hydrogen) atoms. The van der Waals surface area contributed by atoms with Gasteiger partial charge in [-0.25, -0.2) is 73.6 Å². The SMILES string of the molecule is CCN(c1cc2oc(-c3ccc(F)cc3)c(C(=O)NC)c2c(F)c1-c1cccc(C(=O)O)c1)S(C)(=O)=O.CCN(c1cc2oc(-c3ccc(F)cc3)c(C(=O)NC)c2c(F)c1-c1cccc(C(C)=O)c1)S(C)(=O)=O.CNC(=O)c1c(-c2ccc(F)cc2)oc2cc(N(C)S(C)(=O)=O)c(-c3cccc(C(C)=O)c3)c(F)c12.CNC(=O)c1c(-c2ccc(F)cc2)oc2cc(NS(C)(=O)=O)c(-c3cccc(C(C)=O)c3)c(F)c12.O=S=O. The van der Waals surface area contributed by atoms with Crippen LogP contribution in [0.5, 0.6) is 0 Å². The van der Waals surface area contributed by atoms with E-state index in [0.717, 1.165) is 50.1 Å². The predicted octanol–water partition coefficient (Wildman–Crippen LogP) is 19.6. The van der Waals surface area contributed by atoms with Gasteiger partial charge in [0.1, 0.15) is 91.9 Å². The molecule has 0 unspecified atom stereocenters. The molecule has 31 nitrogen and oxygen atoms in total. The molecule has 0 aliphatic heterocycles. The molecule has 4 heterocycles. The maximum absolute atomic E-state index is 16.6. The highest BCUT2D eigenvalue weighted by molar-refractivity contribution is 7.92. The summed E-state index contributed by atoms with van der Waals surface area (Å²) in [5, 5.41) is 18.5. The fourth-order valence-electron chi connectivity index (χ4n) is 16.3. The van der Waals surface area contributed by atoms with Gasteiger partial charge in [-0.3, -0.25) is 51.2 Å². The largest absolute Gasteiger partial charge is 0.478 e. The molecule has 0 fully saturated rings. The number of aromatic carboxylic acids is 1. The van der Waals surface area contributed by atoms with Crippen molar-refractivity contribution in [2.45, 2.75) is 34.6 Å². The van der Waals surface area contributed by atoms with E-state index in [1.165, 1.54) is 220 Å². The third-order valence-corrected chi connectivity index (χ3v) is 27.3. The molecule has 0 saturated carbocycles. The highest BCUT2D eigenvalue weighted by Gasteiger charge is 2.38. The Morgan fingerprint density at radius 1 is 0.331 bits per heavy atom. The lowest BCUT2D eigenvalue weighted by Gasteiger charge is -2.24. The molecule has 0 radical (unpaired) electrons. The van der Waals surface area contributed by atoms with Crippen LogP contribution in [0.3, 0.4) is 0 Å². The molecule has 0 spiro atoms. The van der Waals surface area contributed by atoms with Crippen molar-refractivity contribution in [2.75, 3.05) is 91.0 Å². The topological polar surface area (TPSA) is 450 Å². The highest BCUT2D eigenvalue weighted by Crippen LogP contribution is 2.50. The van der Waals surface area contributed by atoms with E-state index in [9.17, 15) is 94.7 Å². The van der Waals surface area contributed by atoms with Gasteiger partial charge in [-0.1, -0.05) is 66.7 Å². The van der Waals surface area contributed by atoms with Gasteiger partial charge in [-0.2, -0.15) is 8.42 Å². The van der Waals surface area contributed by atoms with Crippen molar-refractivity contribution in [1.82, 2.24) is 21.3 Å². The van der Waals surface area contributed by atoms with Gasteiger partial charge >= 0.3 is 17.5 Å². The van der Waals surface area contributed by atoms with E-state index in [0.29, 0.717) is 33.4 Å². The van der Waals surface area contributed by atoms with Crippen LogP contribution in [0.1, 0.15) is 117 Å². The maximum Gasteiger partial charge on any atom is 0.335 e. The Morgan fingerprint density at radius 3 is 0.804 bits per heavy atom. The van der Waals surface area contributed by atoms with Gasteiger partial charge in [-0.15, -0.1) is 0 Å². The fourth-order valence-corrected chi connectivity index (χ4v) is 19.3. The number of halogens is 8. The zero-order valence-corrected chi connectivity index (χ0v) is 84.6. The number of nitrogens with zero attached hydrogens (tertiary/aromatic N) is 3. The number of hydrogen-bond donors (Lipinski definition) is 6. The number of amides is 4. The summed E-state index contributed by atoms with van der Waals surface area (Å²) in [4.78, 5) is 99.1. The summed E-state index contributed by atoms with van der Waals surface area (Å²) < 4.78 is 265. The quantitative estimate of drug-likeness (QED) is 0.0217. The fraction of sp³-hybridized carbons (Fsp3) is 0.154. The van der Waals surface area contributed by atoms with E-state index in [4.69, 9.17) is 26.1 Å². The average molecular weight is 2130 g/mol. The van der Waals surface area contributed by atoms with Crippen molar-refractivity contribution < 1.29 is 138 Å². The molecular formula is C104H88F8N8O23S5. The molecule has 6 N–H and O–H groups in total. The van der Waals surface area contributed by atoms with Crippen LogP contribution in [0.2, 0.25) is 0 Å². The van der Waals surface area contributed by atoms with E-state index in [1.807, 2.05) is 0 Å². The van der Waals surface area contributed by atoms with Gasteiger partial charge < -0.3 is 44.0 Å². The van der Waals surface area contributed by atoms with E-state index in [-0.39, 0.29) is 198 Å². The molecule has 16 rings (SSSR count). The molecular weight excluding hydrogens is 2040 g/mol. The number of hydrogen-bond acceptors (Lipinski definition) is 22. The third kappa shape index (κ3) is 23.3. The van der Waals surface area contributed by atoms with E-state index in [2.05, 4.69) is 26.0 Å². The van der Waals surface area contributed by atoms with Crippen LogP contribution in [0, 0.1) is 46.5 Å². The van der Waals surface area contributed by atoms with E-state index < -0.39 is 128 Å². The molecule has 768 valence electrons. The molecule has 0 aliphatic rings. The standard InChI is InChI=1S/C27H24F2N2O5S.C26H22F2N2O6S.C26H22F2N2O5S.C25H20F2N2O5S.O2S/c1-5-31(37(4,34)35)20-14-21-23(25(29)22(20)18-8-6-7-17(13-18)15(2)32)24(27(33)30-3)26(36-21)16-9-11-19(28)12-10-16;1-4-30(37(3,34)35)18-13-19-21(23(28)20(18)15-6-5-7-16(12-15)26(32)33)22(25(31)29-2)24(36-19)14-8-10-17(27)11-9-14;1-14(31)16-6-5-7-17(12-16)21-19(30(3)36(4,33)34)13-20-22(24(21)28)23(26(32)29-2)25(35-20)15-8-10-18(27)11-9-15;1-13(30)15-5-4-6-16(11-15)20-18(29-35(3,32)33)12-19-21(23(20)27)22(25(31)28-2)24(34-19)14-7-9-17(26)10-8-14;1-3-2/h6-14H,5H2,1-4H3,(H,30,33);5-13H,4H2,1-3H3,(H,29,31)(H,32,33);5-13H,1-4H3,(H,29,32);4-12,29H,1-3H3,(H,28,31);. The summed E-state index contributed by atoms with van der Waals surface area (Å²) in [7, 11) is -8.72. The summed E-state index contributed by atoms with van der Waals surface area (Å²) >= 11 is -0.750. The highest BCUT2D eigenvalue weighted by atomic mass is 32.2. The molecule has 16 aromatic rings. The van der Waals surface area contributed by atoms with Crippen molar-refractivity contribution in [3.05, 3.63) is 309 Å². The molecule has 4 amide bonds. The minimum absolute atomic E-state index is 0.00348. The number of carboxylic acid groups (broad SMARTS) is 1. The number of anilines is 4. The number of ketones is 3. The summed E-state index contributed by atoms with van der Waals surface area (Å²) in [5.74, 6) is -10.5. The molecule has 12 aromatic carbocycles. The Hall–Kier alpha value is -16.6. The lowest BCUT2D eigenvalue weighted by Crippen LogP contribution is -2.30. The molecule has 0 bridgehead atoms. The Labute approximate surface area is 844 Å². The number of rotatable bonds is 26. The number of fused-ring (bicyclic) bond motifs is 4. The summed E-state index contributed by atoms with van der Waals surface area (Å²) in [6, 6.07) is 49.3. The number of benzene rings is 12. The smallest absolute Gasteiger partial charge is 0.335 e. The van der Waals surface area contributed by atoms with Gasteiger partial charge in [0.2, 0.25) is 40.1 Å². The van der Waals surface area contributed by atoms with Gasteiger partial charge in [0.25, 0.3) is 23.6 Å². The number of carbonyl (C=O) groups is 8. The molecule has 4 aromatic heterocycles. The molecule has 44 heteroatoms. The van der Waals surface area contributed by atoms with E-state index >= 15 is 17.6 Å². The summed E-state index contributed by atoms with van der Waals surface area (Å²) in [5.41, 5.74) is 0.929. The van der Waals surface area contributed by atoms with Crippen LogP contribution in [-0.2, 0) is 51.7 Å². The molecule has 0 saturated heterocycles. The normalized spacial score (nSPS) is 11.3. The second-order valence-corrected chi connectivity index (χ2v) is 40.5. The second kappa shape index (κ2) is 45.0. The van der Waals surface area contributed by atoms with Crippen LogP contribution in [-0.4, -0.2) is 167 Å². The zero-order valence-electron chi connectivity index (χ0n) is 80.5.